The summed E-state index contributed by atoms with van der Waals surface area (Å²) in [6.07, 6.45) is 3.92. The van der Waals surface area contributed by atoms with Crippen LogP contribution < -0.4 is 10.2 Å². The molecule has 1 amide bonds. The predicted octanol–water partition coefficient (Wildman–Crippen LogP) is 3.04. The Morgan fingerprint density at radius 3 is 2.84 bits per heavy atom. The normalized spacial score (nSPS) is 18.6. The van der Waals surface area contributed by atoms with Crippen LogP contribution in [0.4, 0.5) is 17.2 Å². The number of hydrogen-bond acceptors (Lipinski definition) is 7. The van der Waals surface area contributed by atoms with Gasteiger partial charge in [0.15, 0.2) is 0 Å². The van der Waals surface area contributed by atoms with Crippen LogP contribution in [0.2, 0.25) is 5.15 Å². The Kier molecular flexibility index (Phi) is 6.25. The van der Waals surface area contributed by atoms with Gasteiger partial charge in [-0.1, -0.05) is 11.6 Å². The molecule has 1 saturated heterocycles. The summed E-state index contributed by atoms with van der Waals surface area (Å²) < 4.78 is 0. The van der Waals surface area contributed by atoms with Crippen molar-refractivity contribution in [3.8, 4) is 6.07 Å². The van der Waals surface area contributed by atoms with Crippen LogP contribution in [0.25, 0.3) is 0 Å². The number of carbonyl (C=O) groups is 1. The summed E-state index contributed by atoms with van der Waals surface area (Å²) in [4.78, 5) is 25.1. The molecule has 0 radical (unpaired) electrons. The molecule has 1 aliphatic heterocycles. The lowest BCUT2D eigenvalue weighted by Gasteiger charge is -2.40. The molecule has 162 valence electrons. The highest BCUT2D eigenvalue weighted by molar-refractivity contribution is 6.29. The maximum atomic E-state index is 12.2. The number of pyridine rings is 2. The van der Waals surface area contributed by atoms with Crippen LogP contribution in [0.1, 0.15) is 43.4 Å². The number of rotatable bonds is 6. The Morgan fingerprint density at radius 1 is 1.39 bits per heavy atom. The Morgan fingerprint density at radius 2 is 2.19 bits per heavy atom. The monoisotopic (exact) mass is 440 g/mol. The highest BCUT2D eigenvalue weighted by Gasteiger charge is 2.32. The zero-order valence-corrected chi connectivity index (χ0v) is 18.1. The summed E-state index contributed by atoms with van der Waals surface area (Å²) in [5.74, 6) is 0.998. The largest absolute Gasteiger partial charge is 0.396 e. The number of carbonyl (C=O) groups excluding carboxylic acids is 1. The smallest absolute Gasteiger partial charge is 0.225 e. The lowest BCUT2D eigenvalue weighted by atomic mass is 10.1. The Bertz CT molecular complexity index is 1020. The van der Waals surface area contributed by atoms with Crippen molar-refractivity contribution in [1.29, 1.82) is 5.26 Å². The second-order valence-electron chi connectivity index (χ2n) is 8.03. The number of halogens is 1. The van der Waals surface area contributed by atoms with Crippen molar-refractivity contribution >= 4 is 34.7 Å². The SMILES string of the molecule is C[C@@H]1CN(c2nc(C3CC3)c(Nc3ccnc(Cl)c3)cc2C#N)CCN1C(=O)CCO. The molecule has 2 fully saturated rings. The Hall–Kier alpha value is -2.89. The minimum absolute atomic E-state index is 0.0257. The molecule has 1 atom stereocenters. The molecule has 1 aliphatic carbocycles. The number of anilines is 3. The summed E-state index contributed by atoms with van der Waals surface area (Å²) in [7, 11) is 0. The van der Waals surface area contributed by atoms with Gasteiger partial charge in [0.05, 0.1) is 23.6 Å². The fraction of sp³-hybridized carbons (Fsp3) is 0.455. The first-order valence-corrected chi connectivity index (χ1v) is 10.9. The van der Waals surface area contributed by atoms with Crippen LogP contribution in [-0.2, 0) is 4.79 Å². The third kappa shape index (κ3) is 4.73. The molecule has 2 aliphatic rings. The van der Waals surface area contributed by atoms with Gasteiger partial charge in [0.2, 0.25) is 5.91 Å². The highest BCUT2D eigenvalue weighted by Crippen LogP contribution is 2.44. The minimum atomic E-state index is -0.145. The zero-order valence-electron chi connectivity index (χ0n) is 17.4. The number of aromatic nitrogens is 2. The summed E-state index contributed by atoms with van der Waals surface area (Å²) in [6, 6.07) is 7.69. The van der Waals surface area contributed by atoms with E-state index in [1.807, 2.05) is 19.1 Å². The highest BCUT2D eigenvalue weighted by atomic mass is 35.5. The molecule has 0 unspecified atom stereocenters. The number of amides is 1. The van der Waals surface area contributed by atoms with Crippen molar-refractivity contribution in [1.82, 2.24) is 14.9 Å². The quantitative estimate of drug-likeness (QED) is 0.665. The van der Waals surface area contributed by atoms with Crippen LogP contribution in [-0.4, -0.2) is 58.2 Å². The van der Waals surface area contributed by atoms with Gasteiger partial charge in [-0.2, -0.15) is 5.26 Å². The third-order valence-corrected chi connectivity index (χ3v) is 5.90. The third-order valence-electron chi connectivity index (χ3n) is 5.69. The molecule has 0 aromatic carbocycles. The molecule has 8 nitrogen and oxygen atoms in total. The van der Waals surface area contributed by atoms with Crippen LogP contribution in [0.5, 0.6) is 0 Å². The first-order valence-electron chi connectivity index (χ1n) is 10.5. The second kappa shape index (κ2) is 9.08. The van der Waals surface area contributed by atoms with Gasteiger partial charge in [0.25, 0.3) is 0 Å². The molecule has 2 aromatic rings. The Labute approximate surface area is 186 Å². The number of hydrogen-bond donors (Lipinski definition) is 2. The molecular weight excluding hydrogens is 416 g/mol. The molecular formula is C22H25ClN6O2. The summed E-state index contributed by atoms with van der Waals surface area (Å²) in [6.45, 7) is 3.57. The second-order valence-corrected chi connectivity index (χ2v) is 8.41. The van der Waals surface area contributed by atoms with Gasteiger partial charge >= 0.3 is 0 Å². The van der Waals surface area contributed by atoms with E-state index in [0.29, 0.717) is 42.1 Å². The van der Waals surface area contributed by atoms with Crippen LogP contribution in [0.3, 0.4) is 0 Å². The van der Waals surface area contributed by atoms with Gasteiger partial charge in [0.1, 0.15) is 17.0 Å². The summed E-state index contributed by atoms with van der Waals surface area (Å²) >= 11 is 6.01. The lowest BCUT2D eigenvalue weighted by Crippen LogP contribution is -2.54. The fourth-order valence-corrected chi connectivity index (χ4v) is 4.18. The van der Waals surface area contributed by atoms with E-state index < -0.39 is 0 Å². The van der Waals surface area contributed by atoms with Gasteiger partial charge in [0, 0.05) is 49.9 Å². The molecule has 2 N–H and O–H groups in total. The molecule has 31 heavy (non-hydrogen) atoms. The number of piperazine rings is 1. The van der Waals surface area contributed by atoms with E-state index in [2.05, 4.69) is 21.3 Å². The maximum Gasteiger partial charge on any atom is 0.225 e. The van der Waals surface area contributed by atoms with E-state index in [1.165, 1.54) is 0 Å². The number of nitrogens with one attached hydrogen (secondary N) is 1. The van der Waals surface area contributed by atoms with Gasteiger partial charge < -0.3 is 20.2 Å². The van der Waals surface area contributed by atoms with Crippen LogP contribution >= 0.6 is 11.6 Å². The molecule has 0 spiro atoms. The number of nitriles is 1. The fourth-order valence-electron chi connectivity index (χ4n) is 4.00. The number of nitrogens with zero attached hydrogens (tertiary/aromatic N) is 5. The lowest BCUT2D eigenvalue weighted by molar-refractivity contribution is -0.134. The summed E-state index contributed by atoms with van der Waals surface area (Å²) in [5.41, 5.74) is 3.06. The average molecular weight is 441 g/mol. The molecule has 1 saturated carbocycles. The van der Waals surface area contributed by atoms with Crippen molar-refractivity contribution in [2.75, 3.05) is 36.5 Å². The van der Waals surface area contributed by atoms with E-state index in [9.17, 15) is 10.1 Å². The maximum absolute atomic E-state index is 12.2. The van der Waals surface area contributed by atoms with Gasteiger partial charge in [-0.15, -0.1) is 0 Å². The van der Waals surface area contributed by atoms with E-state index in [1.54, 1.807) is 17.2 Å². The molecule has 4 rings (SSSR count). The standard InChI is InChI=1S/C22H25ClN6O2/c1-14-13-28(7-8-29(14)20(31)5-9-30)22-16(12-24)10-18(21(27-22)15-2-3-15)26-17-4-6-25-19(23)11-17/h4,6,10-11,14-15,30H,2-3,5,7-9,13H2,1H3,(H,25,26)/t14-/m1/s1. The van der Waals surface area contributed by atoms with E-state index in [-0.39, 0.29) is 25.0 Å². The van der Waals surface area contributed by atoms with Crippen molar-refractivity contribution in [2.24, 2.45) is 0 Å². The van der Waals surface area contributed by atoms with Crippen LogP contribution in [0, 0.1) is 11.3 Å². The van der Waals surface area contributed by atoms with Crippen LogP contribution in [0.15, 0.2) is 24.4 Å². The first-order chi connectivity index (χ1) is 15.0. The molecule has 9 heteroatoms. The minimum Gasteiger partial charge on any atom is -0.396 e. The first kappa shape index (κ1) is 21.3. The summed E-state index contributed by atoms with van der Waals surface area (Å²) in [5, 5.41) is 22.6. The van der Waals surface area contributed by atoms with E-state index in [0.717, 1.165) is 29.9 Å². The van der Waals surface area contributed by atoms with E-state index in [4.69, 9.17) is 21.7 Å². The molecule has 3 heterocycles. The van der Waals surface area contributed by atoms with Gasteiger partial charge in [-0.25, -0.2) is 9.97 Å². The van der Waals surface area contributed by atoms with Gasteiger partial charge in [-0.3, -0.25) is 4.79 Å². The van der Waals surface area contributed by atoms with E-state index >= 15 is 0 Å². The molecule has 2 aromatic heterocycles. The number of aliphatic hydroxyl groups excluding tert-OH is 1. The molecule has 0 bridgehead atoms. The van der Waals surface area contributed by atoms with Crippen molar-refractivity contribution in [2.45, 2.75) is 38.1 Å². The Balaban J connectivity index is 1.61. The van der Waals surface area contributed by atoms with Crippen molar-refractivity contribution in [3.05, 3.63) is 40.8 Å². The topological polar surface area (TPSA) is 105 Å². The zero-order chi connectivity index (χ0) is 22.0. The van der Waals surface area contributed by atoms with Crippen molar-refractivity contribution < 1.29 is 9.90 Å². The number of aliphatic hydroxyl groups is 1. The average Bonchev–Trinajstić information content (AvgIpc) is 3.59. The van der Waals surface area contributed by atoms with Crippen molar-refractivity contribution in [3.63, 3.8) is 0 Å². The van der Waals surface area contributed by atoms with Gasteiger partial charge in [-0.05, 0) is 38.0 Å². The predicted molar refractivity (Wildman–Crippen MR) is 119 cm³/mol.